The van der Waals surface area contributed by atoms with Crippen molar-refractivity contribution >= 4 is 17.3 Å². The molecule has 1 unspecified atom stereocenters. The molecule has 0 radical (unpaired) electrons. The highest BCUT2D eigenvalue weighted by Crippen LogP contribution is 2.37. The zero-order valence-corrected chi connectivity index (χ0v) is 11.4. The number of ether oxygens (including phenoxy) is 1. The van der Waals surface area contributed by atoms with Crippen LogP contribution in [0.5, 0.6) is 11.5 Å². The minimum absolute atomic E-state index is 0.00508. The van der Waals surface area contributed by atoms with Crippen LogP contribution in [-0.2, 0) is 0 Å². The van der Waals surface area contributed by atoms with Gasteiger partial charge in [-0.05, 0) is 25.1 Å². The molecule has 1 aromatic carbocycles. The van der Waals surface area contributed by atoms with Gasteiger partial charge in [0.25, 0.3) is 0 Å². The molecule has 104 valence electrons. The van der Waals surface area contributed by atoms with Gasteiger partial charge < -0.3 is 10.5 Å². The maximum absolute atomic E-state index is 10.9. The van der Waals surface area contributed by atoms with Crippen LogP contribution in [0.25, 0.3) is 0 Å². The SMILES string of the molecule is CC(N)c1ccc(Oc2c(Cl)cccc2[N+](=O)[O-])cn1. The maximum Gasteiger partial charge on any atom is 0.313 e. The summed E-state index contributed by atoms with van der Waals surface area (Å²) < 4.78 is 5.46. The van der Waals surface area contributed by atoms with E-state index in [0.717, 1.165) is 0 Å². The van der Waals surface area contributed by atoms with Gasteiger partial charge in [-0.2, -0.15) is 0 Å². The van der Waals surface area contributed by atoms with E-state index in [1.165, 1.54) is 24.4 Å². The zero-order chi connectivity index (χ0) is 14.7. The van der Waals surface area contributed by atoms with E-state index in [9.17, 15) is 10.1 Å². The van der Waals surface area contributed by atoms with Crippen molar-refractivity contribution in [1.82, 2.24) is 4.98 Å². The molecule has 0 amide bonds. The lowest BCUT2D eigenvalue weighted by Gasteiger charge is -2.09. The molecule has 0 saturated heterocycles. The average molecular weight is 294 g/mol. The molecule has 0 aliphatic heterocycles. The van der Waals surface area contributed by atoms with E-state index in [-0.39, 0.29) is 22.5 Å². The first-order valence-electron chi connectivity index (χ1n) is 5.81. The number of nitro benzene ring substituents is 1. The van der Waals surface area contributed by atoms with Crippen molar-refractivity contribution < 1.29 is 9.66 Å². The summed E-state index contributed by atoms with van der Waals surface area (Å²) in [5.74, 6) is 0.347. The van der Waals surface area contributed by atoms with Crippen molar-refractivity contribution in [2.45, 2.75) is 13.0 Å². The number of aromatic nitrogens is 1. The second-order valence-electron chi connectivity index (χ2n) is 4.15. The molecule has 0 bridgehead atoms. The number of para-hydroxylation sites is 1. The van der Waals surface area contributed by atoms with E-state index in [1.807, 2.05) is 6.92 Å². The van der Waals surface area contributed by atoms with Gasteiger partial charge in [-0.25, -0.2) is 0 Å². The van der Waals surface area contributed by atoms with E-state index >= 15 is 0 Å². The van der Waals surface area contributed by atoms with Crippen LogP contribution < -0.4 is 10.5 Å². The van der Waals surface area contributed by atoms with Crippen molar-refractivity contribution in [3.63, 3.8) is 0 Å². The maximum atomic E-state index is 10.9. The predicted octanol–water partition coefficient (Wildman–Crippen LogP) is 3.46. The summed E-state index contributed by atoms with van der Waals surface area (Å²) in [6, 6.07) is 7.48. The van der Waals surface area contributed by atoms with Crippen LogP contribution in [0.4, 0.5) is 5.69 Å². The van der Waals surface area contributed by atoms with Crippen LogP contribution in [0.3, 0.4) is 0 Å². The van der Waals surface area contributed by atoms with Crippen molar-refractivity contribution in [1.29, 1.82) is 0 Å². The van der Waals surface area contributed by atoms with Gasteiger partial charge in [0.2, 0.25) is 5.75 Å². The molecular weight excluding hydrogens is 282 g/mol. The highest BCUT2D eigenvalue weighted by molar-refractivity contribution is 6.32. The van der Waals surface area contributed by atoms with E-state index in [0.29, 0.717) is 11.4 Å². The lowest BCUT2D eigenvalue weighted by atomic mass is 10.2. The van der Waals surface area contributed by atoms with Crippen LogP contribution >= 0.6 is 11.6 Å². The number of benzene rings is 1. The molecule has 0 saturated carbocycles. The molecule has 0 aliphatic rings. The Kier molecular flexibility index (Phi) is 4.16. The smallest absolute Gasteiger partial charge is 0.313 e. The third-order valence-electron chi connectivity index (χ3n) is 2.59. The van der Waals surface area contributed by atoms with E-state index in [1.54, 1.807) is 12.1 Å². The zero-order valence-electron chi connectivity index (χ0n) is 10.6. The molecule has 0 fully saturated rings. The van der Waals surface area contributed by atoms with Gasteiger partial charge in [-0.15, -0.1) is 0 Å². The fraction of sp³-hybridized carbons (Fsp3) is 0.154. The fourth-order valence-electron chi connectivity index (χ4n) is 1.58. The first-order valence-corrected chi connectivity index (χ1v) is 6.19. The number of hydrogen-bond donors (Lipinski definition) is 1. The average Bonchev–Trinajstić information content (AvgIpc) is 2.41. The Balaban J connectivity index is 2.32. The van der Waals surface area contributed by atoms with Crippen LogP contribution in [0.1, 0.15) is 18.7 Å². The van der Waals surface area contributed by atoms with Crippen LogP contribution in [0.2, 0.25) is 5.02 Å². The topological polar surface area (TPSA) is 91.3 Å². The number of halogens is 1. The standard InChI is InChI=1S/C13H12ClN3O3/c1-8(15)11-6-5-9(7-16-11)20-13-10(14)3-2-4-12(13)17(18)19/h2-8H,15H2,1H3. The summed E-state index contributed by atoms with van der Waals surface area (Å²) in [5, 5.41) is 11.1. The molecule has 2 N–H and O–H groups in total. The summed E-state index contributed by atoms with van der Waals surface area (Å²) in [6.45, 7) is 1.81. The number of nitro groups is 1. The van der Waals surface area contributed by atoms with Crippen LogP contribution in [0, 0.1) is 10.1 Å². The first kappa shape index (κ1) is 14.2. The summed E-state index contributed by atoms with van der Waals surface area (Å²) in [4.78, 5) is 14.5. The summed E-state index contributed by atoms with van der Waals surface area (Å²) >= 11 is 5.94. The van der Waals surface area contributed by atoms with Crippen LogP contribution in [-0.4, -0.2) is 9.91 Å². The van der Waals surface area contributed by atoms with E-state index in [4.69, 9.17) is 22.1 Å². The normalized spacial score (nSPS) is 11.9. The van der Waals surface area contributed by atoms with Gasteiger partial charge in [-0.3, -0.25) is 15.1 Å². The molecule has 1 heterocycles. The number of nitrogens with two attached hydrogens (primary N) is 1. The third-order valence-corrected chi connectivity index (χ3v) is 2.89. The number of pyridine rings is 1. The number of rotatable bonds is 4. The Morgan fingerprint density at radius 2 is 2.15 bits per heavy atom. The highest BCUT2D eigenvalue weighted by atomic mass is 35.5. The van der Waals surface area contributed by atoms with Crippen molar-refractivity contribution in [2.24, 2.45) is 5.73 Å². The summed E-state index contributed by atoms with van der Waals surface area (Å²) in [5.41, 5.74) is 6.19. The summed E-state index contributed by atoms with van der Waals surface area (Å²) in [7, 11) is 0. The van der Waals surface area contributed by atoms with E-state index in [2.05, 4.69) is 4.98 Å². The Morgan fingerprint density at radius 3 is 2.70 bits per heavy atom. The first-order chi connectivity index (χ1) is 9.49. The molecular formula is C13H12ClN3O3. The highest BCUT2D eigenvalue weighted by Gasteiger charge is 2.19. The fourth-order valence-corrected chi connectivity index (χ4v) is 1.79. The van der Waals surface area contributed by atoms with Crippen molar-refractivity contribution in [2.75, 3.05) is 0 Å². The van der Waals surface area contributed by atoms with Gasteiger partial charge in [0.1, 0.15) is 5.75 Å². The molecule has 2 rings (SSSR count). The molecule has 20 heavy (non-hydrogen) atoms. The number of hydrogen-bond acceptors (Lipinski definition) is 5. The minimum atomic E-state index is -0.551. The lowest BCUT2D eigenvalue weighted by Crippen LogP contribution is -2.06. The Bertz CT molecular complexity index is 629. The van der Waals surface area contributed by atoms with Gasteiger partial charge in [0, 0.05) is 12.1 Å². The molecule has 2 aromatic rings. The second-order valence-corrected chi connectivity index (χ2v) is 4.56. The van der Waals surface area contributed by atoms with Crippen molar-refractivity contribution in [3.05, 3.63) is 57.4 Å². The molecule has 6 nitrogen and oxygen atoms in total. The van der Waals surface area contributed by atoms with Gasteiger partial charge in [-0.1, -0.05) is 17.7 Å². The van der Waals surface area contributed by atoms with E-state index < -0.39 is 4.92 Å². The number of nitrogens with zero attached hydrogens (tertiary/aromatic N) is 2. The van der Waals surface area contributed by atoms with Crippen LogP contribution in [0.15, 0.2) is 36.5 Å². The molecule has 1 aromatic heterocycles. The minimum Gasteiger partial charge on any atom is -0.447 e. The monoisotopic (exact) mass is 293 g/mol. The molecule has 0 aliphatic carbocycles. The second kappa shape index (κ2) is 5.85. The Labute approximate surface area is 120 Å². The van der Waals surface area contributed by atoms with Gasteiger partial charge >= 0.3 is 5.69 Å². The van der Waals surface area contributed by atoms with Gasteiger partial charge in [0.15, 0.2) is 0 Å². The Morgan fingerprint density at radius 1 is 1.40 bits per heavy atom. The third kappa shape index (κ3) is 3.04. The molecule has 0 spiro atoms. The largest absolute Gasteiger partial charge is 0.447 e. The molecule has 1 atom stereocenters. The van der Waals surface area contributed by atoms with Gasteiger partial charge in [0.05, 0.1) is 21.8 Å². The summed E-state index contributed by atoms with van der Waals surface area (Å²) in [6.07, 6.45) is 1.45. The quantitative estimate of drug-likeness (QED) is 0.688. The lowest BCUT2D eigenvalue weighted by molar-refractivity contribution is -0.385. The Hall–Kier alpha value is -2.18. The molecule has 7 heteroatoms. The predicted molar refractivity (Wildman–Crippen MR) is 75.0 cm³/mol. The van der Waals surface area contributed by atoms with Crippen molar-refractivity contribution in [3.8, 4) is 11.5 Å².